The number of methoxy groups -OCH3 is 2. The summed E-state index contributed by atoms with van der Waals surface area (Å²) in [4.78, 5) is 6.67. The van der Waals surface area contributed by atoms with Crippen LogP contribution in [0.2, 0.25) is 0 Å². The average molecular weight is 395 g/mol. The summed E-state index contributed by atoms with van der Waals surface area (Å²) >= 11 is 5.75. The SMILES string of the molecule is COc1ccc(N2C(=S)N[C@H](c3ccccn3)[C@H]2c2ccn(C)c2)c(OC)c1. The molecule has 3 heterocycles. The Labute approximate surface area is 169 Å². The molecule has 0 bridgehead atoms. The largest absolute Gasteiger partial charge is 0.497 e. The van der Waals surface area contributed by atoms with Gasteiger partial charge in [-0.15, -0.1) is 0 Å². The van der Waals surface area contributed by atoms with Gasteiger partial charge < -0.3 is 24.3 Å². The second kappa shape index (κ2) is 7.52. The molecule has 144 valence electrons. The standard InChI is InChI=1S/C21H22N4O2S/c1-24-11-9-14(13-24)20-19(16-6-4-5-10-22-16)23-21(28)25(20)17-8-7-15(26-2)12-18(17)27-3/h4-13,19-20H,1-3H3,(H,23,28)/t19-,20-/m1/s1. The first-order valence-electron chi connectivity index (χ1n) is 8.97. The van der Waals surface area contributed by atoms with Gasteiger partial charge in [-0.1, -0.05) is 6.07 Å². The van der Waals surface area contributed by atoms with E-state index in [-0.39, 0.29) is 12.1 Å². The van der Waals surface area contributed by atoms with Crippen molar-refractivity contribution in [3.8, 4) is 11.5 Å². The quantitative estimate of drug-likeness (QED) is 0.667. The lowest BCUT2D eigenvalue weighted by Crippen LogP contribution is -2.29. The van der Waals surface area contributed by atoms with E-state index in [9.17, 15) is 0 Å². The molecule has 1 aromatic carbocycles. The van der Waals surface area contributed by atoms with E-state index < -0.39 is 0 Å². The molecule has 0 spiro atoms. The summed E-state index contributed by atoms with van der Waals surface area (Å²) in [7, 11) is 5.30. The smallest absolute Gasteiger partial charge is 0.174 e. The Morgan fingerprint density at radius 2 is 1.96 bits per heavy atom. The van der Waals surface area contributed by atoms with Crippen LogP contribution in [0.4, 0.5) is 5.69 Å². The van der Waals surface area contributed by atoms with E-state index in [1.54, 1.807) is 20.4 Å². The first-order valence-corrected chi connectivity index (χ1v) is 9.37. The maximum absolute atomic E-state index is 5.75. The number of pyridine rings is 1. The second-order valence-electron chi connectivity index (χ2n) is 6.64. The number of anilines is 1. The van der Waals surface area contributed by atoms with Gasteiger partial charge in [0.25, 0.3) is 0 Å². The molecule has 3 aromatic rings. The highest BCUT2D eigenvalue weighted by Crippen LogP contribution is 2.45. The minimum absolute atomic E-state index is 0.0640. The highest BCUT2D eigenvalue weighted by molar-refractivity contribution is 7.80. The van der Waals surface area contributed by atoms with E-state index in [1.807, 2.05) is 54.2 Å². The summed E-state index contributed by atoms with van der Waals surface area (Å²) in [5.74, 6) is 1.43. The Hall–Kier alpha value is -3.06. The fraction of sp³-hybridized carbons (Fsp3) is 0.238. The van der Waals surface area contributed by atoms with E-state index in [4.69, 9.17) is 21.7 Å². The third kappa shape index (κ3) is 3.18. The highest BCUT2D eigenvalue weighted by Gasteiger charge is 2.42. The second-order valence-corrected chi connectivity index (χ2v) is 7.03. The van der Waals surface area contributed by atoms with E-state index in [1.165, 1.54) is 0 Å². The highest BCUT2D eigenvalue weighted by atomic mass is 32.1. The van der Waals surface area contributed by atoms with Crippen molar-refractivity contribution in [1.29, 1.82) is 0 Å². The number of rotatable bonds is 5. The van der Waals surface area contributed by atoms with Gasteiger partial charge in [-0.05, 0) is 48.1 Å². The van der Waals surface area contributed by atoms with Gasteiger partial charge in [0, 0.05) is 31.7 Å². The number of ether oxygens (including phenoxy) is 2. The topological polar surface area (TPSA) is 51.5 Å². The zero-order valence-corrected chi connectivity index (χ0v) is 16.8. The van der Waals surface area contributed by atoms with E-state index in [0.717, 1.165) is 22.7 Å². The number of aryl methyl sites for hydroxylation is 1. The minimum atomic E-state index is -0.0806. The van der Waals surface area contributed by atoms with Crippen molar-refractivity contribution in [1.82, 2.24) is 14.9 Å². The van der Waals surface area contributed by atoms with Crippen molar-refractivity contribution < 1.29 is 9.47 Å². The molecule has 2 atom stereocenters. The van der Waals surface area contributed by atoms with Gasteiger partial charge in [0.05, 0.1) is 37.7 Å². The van der Waals surface area contributed by atoms with Crippen molar-refractivity contribution in [3.05, 3.63) is 72.3 Å². The third-order valence-electron chi connectivity index (χ3n) is 4.94. The molecule has 6 nitrogen and oxygen atoms in total. The van der Waals surface area contributed by atoms with Crippen molar-refractivity contribution in [2.75, 3.05) is 19.1 Å². The first kappa shape index (κ1) is 18.3. The molecular weight excluding hydrogens is 372 g/mol. The molecule has 28 heavy (non-hydrogen) atoms. The van der Waals surface area contributed by atoms with Crippen LogP contribution in [-0.2, 0) is 7.05 Å². The summed E-state index contributed by atoms with van der Waals surface area (Å²) in [6, 6.07) is 13.6. The van der Waals surface area contributed by atoms with Crippen LogP contribution < -0.4 is 19.7 Å². The molecule has 2 aromatic heterocycles. The van der Waals surface area contributed by atoms with Crippen LogP contribution in [0.1, 0.15) is 23.3 Å². The fourth-order valence-electron chi connectivity index (χ4n) is 3.64. The van der Waals surface area contributed by atoms with Crippen LogP contribution >= 0.6 is 12.2 Å². The molecule has 0 saturated carbocycles. The van der Waals surface area contributed by atoms with E-state index in [0.29, 0.717) is 10.9 Å². The molecule has 1 saturated heterocycles. The number of nitrogens with zero attached hydrogens (tertiary/aromatic N) is 3. The van der Waals surface area contributed by atoms with Gasteiger partial charge in [0.1, 0.15) is 11.5 Å². The lowest BCUT2D eigenvalue weighted by molar-refractivity contribution is 0.394. The van der Waals surface area contributed by atoms with Crippen molar-refractivity contribution >= 4 is 23.0 Å². The molecule has 1 N–H and O–H groups in total. The Morgan fingerprint density at radius 1 is 1.11 bits per heavy atom. The predicted octanol–water partition coefficient (Wildman–Crippen LogP) is 3.61. The van der Waals surface area contributed by atoms with Gasteiger partial charge >= 0.3 is 0 Å². The monoisotopic (exact) mass is 394 g/mol. The number of aromatic nitrogens is 2. The summed E-state index contributed by atoms with van der Waals surface area (Å²) in [5, 5.41) is 4.09. The van der Waals surface area contributed by atoms with Crippen LogP contribution in [0.5, 0.6) is 11.5 Å². The number of thiocarbonyl (C=S) groups is 1. The van der Waals surface area contributed by atoms with Gasteiger partial charge in [-0.3, -0.25) is 4.98 Å². The molecule has 0 unspecified atom stereocenters. The van der Waals surface area contributed by atoms with Crippen LogP contribution in [0.15, 0.2) is 61.1 Å². The van der Waals surface area contributed by atoms with Gasteiger partial charge in [0.15, 0.2) is 5.11 Å². The number of hydrogen-bond acceptors (Lipinski definition) is 4. The van der Waals surface area contributed by atoms with Gasteiger partial charge in [0.2, 0.25) is 0 Å². The van der Waals surface area contributed by atoms with E-state index in [2.05, 4.69) is 27.5 Å². The summed E-state index contributed by atoms with van der Waals surface area (Å²) < 4.78 is 13.0. The Bertz CT molecular complexity index is 989. The lowest BCUT2D eigenvalue weighted by atomic mass is 9.98. The Balaban J connectivity index is 1.84. The van der Waals surface area contributed by atoms with Crippen molar-refractivity contribution in [3.63, 3.8) is 0 Å². The Kier molecular flexibility index (Phi) is 4.92. The van der Waals surface area contributed by atoms with Crippen LogP contribution in [0.25, 0.3) is 0 Å². The minimum Gasteiger partial charge on any atom is -0.497 e. The van der Waals surface area contributed by atoms with Crippen LogP contribution in [0.3, 0.4) is 0 Å². The van der Waals surface area contributed by atoms with Gasteiger partial charge in [-0.25, -0.2) is 0 Å². The normalized spacial score (nSPS) is 18.8. The summed E-state index contributed by atoms with van der Waals surface area (Å²) in [6.45, 7) is 0. The zero-order chi connectivity index (χ0) is 19.7. The summed E-state index contributed by atoms with van der Waals surface area (Å²) in [6.07, 6.45) is 5.95. The third-order valence-corrected chi connectivity index (χ3v) is 5.26. The van der Waals surface area contributed by atoms with Gasteiger partial charge in [-0.2, -0.15) is 0 Å². The molecule has 0 aliphatic carbocycles. The average Bonchev–Trinajstić information content (AvgIpc) is 3.30. The van der Waals surface area contributed by atoms with E-state index >= 15 is 0 Å². The first-order chi connectivity index (χ1) is 13.6. The Morgan fingerprint density at radius 3 is 2.61 bits per heavy atom. The predicted molar refractivity (Wildman–Crippen MR) is 113 cm³/mol. The molecule has 1 aliphatic heterocycles. The molecule has 0 radical (unpaired) electrons. The molecule has 4 rings (SSSR count). The number of benzene rings is 1. The molecule has 7 heteroatoms. The number of hydrogen-bond donors (Lipinski definition) is 1. The fourth-order valence-corrected chi connectivity index (χ4v) is 3.98. The molecule has 1 fully saturated rings. The maximum Gasteiger partial charge on any atom is 0.174 e. The number of nitrogens with one attached hydrogen (secondary N) is 1. The van der Waals surface area contributed by atoms with Crippen LogP contribution in [-0.4, -0.2) is 28.9 Å². The zero-order valence-electron chi connectivity index (χ0n) is 16.0. The maximum atomic E-state index is 5.75. The lowest BCUT2D eigenvalue weighted by Gasteiger charge is -2.28. The van der Waals surface area contributed by atoms with Crippen molar-refractivity contribution in [2.45, 2.75) is 12.1 Å². The summed E-state index contributed by atoms with van der Waals surface area (Å²) in [5.41, 5.74) is 2.96. The van der Waals surface area contributed by atoms with Crippen LogP contribution in [0, 0.1) is 0 Å². The molecule has 1 aliphatic rings. The van der Waals surface area contributed by atoms with Crippen molar-refractivity contribution in [2.24, 2.45) is 7.05 Å². The molecular formula is C21H22N4O2S. The molecule has 0 amide bonds.